The fourth-order valence-corrected chi connectivity index (χ4v) is 6.94. The third-order valence-electron chi connectivity index (χ3n) is 9.66. The van der Waals surface area contributed by atoms with Crippen molar-refractivity contribution in [2.45, 2.75) is 13.8 Å². The van der Waals surface area contributed by atoms with Crippen molar-refractivity contribution in [3.05, 3.63) is 175 Å². The lowest BCUT2D eigenvalue weighted by Gasteiger charge is -2.12. The number of hydrogen-bond donors (Lipinski definition) is 0. The molecule has 242 valence electrons. The lowest BCUT2D eigenvalue weighted by molar-refractivity contribution is 0.669. The zero-order chi connectivity index (χ0) is 34.3. The molecule has 0 saturated carbocycles. The van der Waals surface area contributed by atoms with Gasteiger partial charge in [0.05, 0.1) is 0 Å². The molecule has 0 radical (unpaired) electrons. The maximum Gasteiger partial charge on any atom is 0.164 e. The minimum absolute atomic E-state index is 0.599. The van der Waals surface area contributed by atoms with Gasteiger partial charge in [0.1, 0.15) is 11.2 Å². The summed E-state index contributed by atoms with van der Waals surface area (Å²) in [5, 5.41) is 2.00. The number of benzene rings is 7. The first-order chi connectivity index (χ1) is 25.1. The number of aryl methyl sites for hydroxylation is 2. The maximum atomic E-state index is 6.45. The van der Waals surface area contributed by atoms with Crippen molar-refractivity contribution in [2.24, 2.45) is 0 Å². The van der Waals surface area contributed by atoms with E-state index in [0.717, 1.165) is 55.3 Å². The molecule has 7 aromatic carbocycles. The highest BCUT2D eigenvalue weighted by atomic mass is 16.3. The monoisotopic (exact) mass is 655 g/mol. The van der Waals surface area contributed by atoms with Gasteiger partial charge in [0.2, 0.25) is 0 Å². The van der Waals surface area contributed by atoms with E-state index in [0.29, 0.717) is 17.5 Å². The van der Waals surface area contributed by atoms with Gasteiger partial charge in [-0.2, -0.15) is 0 Å². The van der Waals surface area contributed by atoms with Gasteiger partial charge in [-0.15, -0.1) is 0 Å². The molecule has 0 amide bonds. The van der Waals surface area contributed by atoms with Crippen molar-refractivity contribution >= 4 is 21.9 Å². The molecule has 0 aliphatic carbocycles. The second kappa shape index (κ2) is 12.7. The van der Waals surface area contributed by atoms with E-state index in [1.807, 2.05) is 48.5 Å². The lowest BCUT2D eigenvalue weighted by Crippen LogP contribution is -2.00. The Labute approximate surface area is 296 Å². The van der Waals surface area contributed by atoms with Crippen LogP contribution in [0.1, 0.15) is 11.1 Å². The van der Waals surface area contributed by atoms with E-state index in [-0.39, 0.29) is 0 Å². The molecule has 0 aliphatic rings. The molecule has 0 atom stereocenters. The molecule has 2 aromatic heterocycles. The second-order valence-corrected chi connectivity index (χ2v) is 13.0. The van der Waals surface area contributed by atoms with Crippen molar-refractivity contribution in [3.63, 3.8) is 0 Å². The van der Waals surface area contributed by atoms with Crippen molar-refractivity contribution in [3.8, 4) is 67.5 Å². The quantitative estimate of drug-likeness (QED) is 0.179. The summed E-state index contributed by atoms with van der Waals surface area (Å²) < 4.78 is 6.45. The normalized spacial score (nSPS) is 11.3. The highest BCUT2D eigenvalue weighted by Crippen LogP contribution is 2.39. The molecular weight excluding hydrogens is 623 g/mol. The van der Waals surface area contributed by atoms with Gasteiger partial charge < -0.3 is 4.42 Å². The summed E-state index contributed by atoms with van der Waals surface area (Å²) in [6.45, 7) is 4.34. The van der Waals surface area contributed by atoms with Crippen LogP contribution < -0.4 is 0 Å². The van der Waals surface area contributed by atoms with Gasteiger partial charge in [0, 0.05) is 27.5 Å². The minimum Gasteiger partial charge on any atom is -0.456 e. The first-order valence-corrected chi connectivity index (χ1v) is 17.2. The van der Waals surface area contributed by atoms with Crippen molar-refractivity contribution < 1.29 is 4.42 Å². The van der Waals surface area contributed by atoms with Gasteiger partial charge in [-0.05, 0) is 82.6 Å². The first kappa shape index (κ1) is 30.4. The Morgan fingerprint density at radius 2 is 0.882 bits per heavy atom. The van der Waals surface area contributed by atoms with Crippen LogP contribution in [0, 0.1) is 13.8 Å². The largest absolute Gasteiger partial charge is 0.456 e. The average Bonchev–Trinajstić information content (AvgIpc) is 3.57. The minimum atomic E-state index is 0.599. The van der Waals surface area contributed by atoms with E-state index in [1.165, 1.54) is 27.8 Å². The molecular formula is C47H33N3O. The molecule has 0 spiro atoms. The smallest absolute Gasteiger partial charge is 0.164 e. The van der Waals surface area contributed by atoms with Gasteiger partial charge in [-0.1, -0.05) is 140 Å². The van der Waals surface area contributed by atoms with Crippen molar-refractivity contribution in [1.82, 2.24) is 15.0 Å². The van der Waals surface area contributed by atoms with Crippen LogP contribution in [-0.4, -0.2) is 15.0 Å². The topological polar surface area (TPSA) is 51.8 Å². The third kappa shape index (κ3) is 5.67. The van der Waals surface area contributed by atoms with Crippen LogP contribution in [0.2, 0.25) is 0 Å². The molecule has 51 heavy (non-hydrogen) atoms. The Balaban J connectivity index is 1.20. The van der Waals surface area contributed by atoms with E-state index in [1.54, 1.807) is 0 Å². The Morgan fingerprint density at radius 3 is 1.63 bits per heavy atom. The summed E-state index contributed by atoms with van der Waals surface area (Å²) >= 11 is 0. The zero-order valence-electron chi connectivity index (χ0n) is 28.3. The molecule has 0 bridgehead atoms. The predicted molar refractivity (Wildman–Crippen MR) is 209 cm³/mol. The van der Waals surface area contributed by atoms with Gasteiger partial charge >= 0.3 is 0 Å². The molecule has 2 heterocycles. The van der Waals surface area contributed by atoms with E-state index in [9.17, 15) is 0 Å². The van der Waals surface area contributed by atoms with E-state index in [2.05, 4.69) is 129 Å². The highest BCUT2D eigenvalue weighted by Gasteiger charge is 2.19. The second-order valence-electron chi connectivity index (χ2n) is 13.0. The van der Waals surface area contributed by atoms with Crippen LogP contribution in [0.5, 0.6) is 0 Å². The number of nitrogens with zero attached hydrogens (tertiary/aromatic N) is 3. The molecule has 0 N–H and O–H groups in total. The van der Waals surface area contributed by atoms with E-state index in [4.69, 9.17) is 19.4 Å². The summed E-state index contributed by atoms with van der Waals surface area (Å²) in [6, 6.07) is 56.7. The standard InChI is InChI=1S/C47H33N3O/c1-30-12-9-10-17-38(30)40-28-36(21-20-31(40)2)37-26-27-42-41(29-37)44-39(18-11-19-43(44)51-42)47-49-45(34-15-7-4-8-16-34)48-46(50-47)35-24-22-33(23-25-35)32-13-5-3-6-14-32/h3-29H,1-2H3. The SMILES string of the molecule is Cc1ccccc1-c1cc(-c2ccc3oc4cccc(-c5nc(-c6ccccc6)nc(-c6ccc(-c7ccccc7)cc6)n5)c4c3c2)ccc1C. The summed E-state index contributed by atoms with van der Waals surface area (Å²) in [7, 11) is 0. The molecule has 4 nitrogen and oxygen atoms in total. The summed E-state index contributed by atoms with van der Waals surface area (Å²) in [4.78, 5) is 15.2. The van der Waals surface area contributed by atoms with Gasteiger partial charge in [0.25, 0.3) is 0 Å². The Bertz CT molecular complexity index is 2700. The summed E-state index contributed by atoms with van der Waals surface area (Å²) in [5.74, 6) is 1.84. The first-order valence-electron chi connectivity index (χ1n) is 17.2. The fraction of sp³-hybridized carbons (Fsp3) is 0.0426. The Hall–Kier alpha value is -6.65. The molecule has 0 aliphatic heterocycles. The predicted octanol–water partition coefficient (Wildman–Crippen LogP) is 12.4. The number of furan rings is 1. The van der Waals surface area contributed by atoms with Crippen molar-refractivity contribution in [1.29, 1.82) is 0 Å². The molecule has 0 fully saturated rings. The van der Waals surface area contributed by atoms with E-state index >= 15 is 0 Å². The molecule has 0 saturated heterocycles. The highest BCUT2D eigenvalue weighted by molar-refractivity contribution is 6.12. The lowest BCUT2D eigenvalue weighted by atomic mass is 9.92. The van der Waals surface area contributed by atoms with Crippen LogP contribution in [0.25, 0.3) is 89.5 Å². The summed E-state index contributed by atoms with van der Waals surface area (Å²) in [5.41, 5.74) is 13.9. The van der Waals surface area contributed by atoms with Gasteiger partial charge in [-0.3, -0.25) is 0 Å². The number of rotatable bonds is 6. The molecule has 9 rings (SSSR count). The van der Waals surface area contributed by atoms with Crippen LogP contribution in [0.15, 0.2) is 168 Å². The molecule has 4 heteroatoms. The number of fused-ring (bicyclic) bond motifs is 3. The van der Waals surface area contributed by atoms with Crippen LogP contribution in [0.3, 0.4) is 0 Å². The van der Waals surface area contributed by atoms with Crippen molar-refractivity contribution in [2.75, 3.05) is 0 Å². The van der Waals surface area contributed by atoms with Gasteiger partial charge in [0.15, 0.2) is 17.5 Å². The summed E-state index contributed by atoms with van der Waals surface area (Å²) in [6.07, 6.45) is 0. The average molecular weight is 656 g/mol. The third-order valence-corrected chi connectivity index (χ3v) is 9.66. The zero-order valence-corrected chi connectivity index (χ0v) is 28.3. The number of hydrogen-bond acceptors (Lipinski definition) is 4. The Morgan fingerprint density at radius 1 is 0.353 bits per heavy atom. The van der Waals surface area contributed by atoms with Crippen LogP contribution >= 0.6 is 0 Å². The van der Waals surface area contributed by atoms with Gasteiger partial charge in [-0.25, -0.2) is 15.0 Å². The number of aromatic nitrogens is 3. The van der Waals surface area contributed by atoms with E-state index < -0.39 is 0 Å². The van der Waals surface area contributed by atoms with Crippen LogP contribution in [-0.2, 0) is 0 Å². The van der Waals surface area contributed by atoms with Crippen LogP contribution in [0.4, 0.5) is 0 Å². The fourth-order valence-electron chi connectivity index (χ4n) is 6.94. The molecule has 0 unspecified atom stereocenters. The maximum absolute atomic E-state index is 6.45. The Kier molecular flexibility index (Phi) is 7.55. The molecule has 9 aromatic rings.